The highest BCUT2D eigenvalue weighted by Gasteiger charge is 2.24. The summed E-state index contributed by atoms with van der Waals surface area (Å²) in [7, 11) is 0. The Hall–Kier alpha value is -1.98. The Morgan fingerprint density at radius 2 is 1.92 bits per heavy atom. The number of hydrogen-bond acceptors (Lipinski definition) is 4. The van der Waals surface area contributed by atoms with Crippen LogP contribution < -0.4 is 0 Å². The Labute approximate surface area is 159 Å². The van der Waals surface area contributed by atoms with Crippen LogP contribution >= 0.6 is 11.3 Å². The molecule has 2 aromatic heterocycles. The Kier molecular flexibility index (Phi) is 5.18. The number of imidazole rings is 1. The quantitative estimate of drug-likeness (QED) is 0.672. The molecule has 0 bridgehead atoms. The maximum Gasteiger partial charge on any atom is 0.112 e. The summed E-state index contributed by atoms with van der Waals surface area (Å²) in [5.74, 6) is 1.78. The molecule has 1 saturated heterocycles. The molecule has 3 heterocycles. The van der Waals surface area contributed by atoms with Crippen LogP contribution in [0.25, 0.3) is 0 Å². The van der Waals surface area contributed by atoms with Crippen molar-refractivity contribution in [3.05, 3.63) is 69.7 Å². The van der Waals surface area contributed by atoms with Crippen molar-refractivity contribution in [1.29, 1.82) is 0 Å². The van der Waals surface area contributed by atoms with Gasteiger partial charge in [0.25, 0.3) is 0 Å². The Morgan fingerprint density at radius 3 is 2.65 bits per heavy atom. The molecule has 0 N–H and O–H groups in total. The van der Waals surface area contributed by atoms with E-state index in [0.717, 1.165) is 31.9 Å². The lowest BCUT2D eigenvalue weighted by atomic mass is 9.95. The summed E-state index contributed by atoms with van der Waals surface area (Å²) in [4.78, 5) is 11.7. The van der Waals surface area contributed by atoms with Crippen molar-refractivity contribution >= 4 is 11.3 Å². The van der Waals surface area contributed by atoms with Gasteiger partial charge >= 0.3 is 0 Å². The van der Waals surface area contributed by atoms with Gasteiger partial charge in [-0.3, -0.25) is 4.90 Å². The molecule has 5 heteroatoms. The van der Waals surface area contributed by atoms with Gasteiger partial charge in [0.2, 0.25) is 0 Å². The smallest absolute Gasteiger partial charge is 0.112 e. The van der Waals surface area contributed by atoms with Gasteiger partial charge in [-0.25, -0.2) is 9.97 Å². The molecular weight excluding hydrogens is 340 g/mol. The minimum Gasteiger partial charge on any atom is -0.329 e. The summed E-state index contributed by atoms with van der Waals surface area (Å²) >= 11 is 1.65. The van der Waals surface area contributed by atoms with Crippen molar-refractivity contribution < 1.29 is 0 Å². The third-order valence-corrected chi connectivity index (χ3v) is 6.13. The van der Waals surface area contributed by atoms with Crippen LogP contribution in [0.3, 0.4) is 0 Å². The van der Waals surface area contributed by atoms with Crippen LogP contribution in [0.1, 0.15) is 47.0 Å². The molecule has 0 radical (unpaired) electrons. The van der Waals surface area contributed by atoms with Gasteiger partial charge in [-0.05, 0) is 56.5 Å². The fraction of sp³-hybridized carbons (Fsp3) is 0.429. The molecule has 1 aliphatic rings. The fourth-order valence-corrected chi connectivity index (χ4v) is 4.36. The SMILES string of the molecule is Cc1ccc(CN2CCC(c3nccn3Cc3cscn3)CC2)cc1C. The number of benzene rings is 1. The van der Waals surface area contributed by atoms with E-state index in [1.165, 1.54) is 35.4 Å². The van der Waals surface area contributed by atoms with E-state index in [4.69, 9.17) is 0 Å². The molecule has 26 heavy (non-hydrogen) atoms. The predicted molar refractivity (Wildman–Crippen MR) is 107 cm³/mol. The molecule has 0 unspecified atom stereocenters. The molecule has 4 nitrogen and oxygen atoms in total. The lowest BCUT2D eigenvalue weighted by molar-refractivity contribution is 0.200. The molecule has 0 atom stereocenters. The number of nitrogens with zero attached hydrogens (tertiary/aromatic N) is 4. The van der Waals surface area contributed by atoms with Gasteiger partial charge in [0.15, 0.2) is 0 Å². The fourth-order valence-electron chi connectivity index (χ4n) is 3.81. The van der Waals surface area contributed by atoms with Crippen LogP contribution in [-0.2, 0) is 13.1 Å². The van der Waals surface area contributed by atoms with Crippen LogP contribution in [0.5, 0.6) is 0 Å². The van der Waals surface area contributed by atoms with Crippen LogP contribution in [-0.4, -0.2) is 32.5 Å². The first kappa shape index (κ1) is 17.4. The van der Waals surface area contributed by atoms with E-state index >= 15 is 0 Å². The summed E-state index contributed by atoms with van der Waals surface area (Å²) < 4.78 is 2.28. The Bertz CT molecular complexity index is 845. The number of rotatable bonds is 5. The minimum absolute atomic E-state index is 0.555. The summed E-state index contributed by atoms with van der Waals surface area (Å²) in [5.41, 5.74) is 7.22. The van der Waals surface area contributed by atoms with Crippen molar-refractivity contribution in [3.8, 4) is 0 Å². The first-order valence-corrected chi connectivity index (χ1v) is 10.3. The molecule has 4 rings (SSSR count). The molecule has 136 valence electrons. The molecule has 0 saturated carbocycles. The van der Waals surface area contributed by atoms with Gasteiger partial charge < -0.3 is 4.57 Å². The molecule has 0 amide bonds. The largest absolute Gasteiger partial charge is 0.329 e. The number of thiazole rings is 1. The standard InChI is InChI=1S/C21H26N4S/c1-16-3-4-18(11-17(16)2)12-24-8-5-19(6-9-24)21-22-7-10-25(21)13-20-14-26-15-23-20/h3-4,7,10-11,14-15,19H,5-6,8-9,12-13H2,1-2H3. The van der Waals surface area contributed by atoms with Crippen molar-refractivity contribution in [2.24, 2.45) is 0 Å². The zero-order valence-corrected chi connectivity index (χ0v) is 16.4. The van der Waals surface area contributed by atoms with Crippen LogP contribution in [0.15, 0.2) is 41.5 Å². The lowest BCUT2D eigenvalue weighted by Gasteiger charge is -2.32. The summed E-state index contributed by atoms with van der Waals surface area (Å²) in [6.07, 6.45) is 6.39. The van der Waals surface area contributed by atoms with Crippen LogP contribution in [0.2, 0.25) is 0 Å². The Balaban J connectivity index is 1.36. The highest BCUT2D eigenvalue weighted by atomic mass is 32.1. The monoisotopic (exact) mass is 366 g/mol. The highest BCUT2D eigenvalue weighted by molar-refractivity contribution is 7.07. The maximum atomic E-state index is 4.67. The third-order valence-electron chi connectivity index (χ3n) is 5.49. The van der Waals surface area contributed by atoms with Crippen molar-refractivity contribution in [2.75, 3.05) is 13.1 Å². The number of hydrogen-bond donors (Lipinski definition) is 0. The van der Waals surface area contributed by atoms with E-state index in [2.05, 4.69) is 63.1 Å². The van der Waals surface area contributed by atoms with Gasteiger partial charge in [0.1, 0.15) is 5.82 Å². The van der Waals surface area contributed by atoms with E-state index in [9.17, 15) is 0 Å². The number of piperidine rings is 1. The third kappa shape index (κ3) is 3.89. The van der Waals surface area contributed by atoms with E-state index in [-0.39, 0.29) is 0 Å². The van der Waals surface area contributed by atoms with Gasteiger partial charge in [-0.2, -0.15) is 0 Å². The van der Waals surface area contributed by atoms with Gasteiger partial charge in [-0.1, -0.05) is 18.2 Å². The summed E-state index contributed by atoms with van der Waals surface area (Å²) in [6.45, 7) is 8.55. The highest BCUT2D eigenvalue weighted by Crippen LogP contribution is 2.28. The van der Waals surface area contributed by atoms with Crippen molar-refractivity contribution in [2.45, 2.75) is 45.7 Å². The summed E-state index contributed by atoms with van der Waals surface area (Å²) in [6, 6.07) is 6.85. The Morgan fingerprint density at radius 1 is 1.08 bits per heavy atom. The van der Waals surface area contributed by atoms with Crippen molar-refractivity contribution in [1.82, 2.24) is 19.4 Å². The second-order valence-electron chi connectivity index (χ2n) is 7.36. The number of aromatic nitrogens is 3. The van der Waals surface area contributed by atoms with Gasteiger partial charge in [-0.15, -0.1) is 11.3 Å². The molecule has 1 aromatic carbocycles. The lowest BCUT2D eigenvalue weighted by Crippen LogP contribution is -2.33. The van der Waals surface area contributed by atoms with Crippen molar-refractivity contribution in [3.63, 3.8) is 0 Å². The first-order valence-electron chi connectivity index (χ1n) is 9.35. The zero-order valence-electron chi connectivity index (χ0n) is 15.6. The van der Waals surface area contributed by atoms with Crippen LogP contribution in [0, 0.1) is 13.8 Å². The van der Waals surface area contributed by atoms with E-state index in [1.54, 1.807) is 11.3 Å². The van der Waals surface area contributed by atoms with E-state index in [0.29, 0.717) is 5.92 Å². The molecule has 3 aromatic rings. The number of likely N-dealkylation sites (tertiary alicyclic amines) is 1. The topological polar surface area (TPSA) is 34.0 Å². The van der Waals surface area contributed by atoms with E-state index in [1.807, 2.05) is 11.7 Å². The van der Waals surface area contributed by atoms with E-state index < -0.39 is 0 Å². The molecular formula is C21H26N4S. The first-order chi connectivity index (χ1) is 12.7. The molecule has 0 aliphatic carbocycles. The number of aryl methyl sites for hydroxylation is 2. The average Bonchev–Trinajstić information content (AvgIpc) is 3.31. The molecule has 1 fully saturated rings. The molecule has 0 spiro atoms. The van der Waals surface area contributed by atoms with Crippen LogP contribution in [0.4, 0.5) is 0 Å². The predicted octanol–water partition coefficient (Wildman–Crippen LogP) is 4.38. The average molecular weight is 367 g/mol. The normalized spacial score (nSPS) is 16.2. The zero-order chi connectivity index (χ0) is 17.9. The second-order valence-corrected chi connectivity index (χ2v) is 8.08. The minimum atomic E-state index is 0.555. The molecule has 1 aliphatic heterocycles. The maximum absolute atomic E-state index is 4.67. The van der Waals surface area contributed by atoms with Gasteiger partial charge in [0, 0.05) is 30.2 Å². The summed E-state index contributed by atoms with van der Waals surface area (Å²) in [5, 5.41) is 2.12. The van der Waals surface area contributed by atoms with Gasteiger partial charge in [0.05, 0.1) is 17.7 Å². The second kappa shape index (κ2) is 7.72.